The fourth-order valence-corrected chi connectivity index (χ4v) is 3.25. The van der Waals surface area contributed by atoms with Gasteiger partial charge in [-0.2, -0.15) is 0 Å². The van der Waals surface area contributed by atoms with Gasteiger partial charge in [-0.1, -0.05) is 18.2 Å². The second-order valence-electron chi connectivity index (χ2n) is 4.34. The van der Waals surface area contributed by atoms with E-state index in [9.17, 15) is 0 Å². The first-order valence-corrected chi connectivity index (χ1v) is 6.91. The quantitative estimate of drug-likeness (QED) is 0.850. The zero-order valence-electron chi connectivity index (χ0n) is 10.3. The molecule has 1 aromatic carbocycles. The summed E-state index contributed by atoms with van der Waals surface area (Å²) < 4.78 is 10.8. The Labute approximate surface area is 110 Å². The largest absolute Gasteiger partial charge is 0.493 e. The maximum atomic E-state index is 5.68. The van der Waals surface area contributed by atoms with Crippen LogP contribution < -0.4 is 4.74 Å². The maximum absolute atomic E-state index is 5.68. The van der Waals surface area contributed by atoms with Crippen molar-refractivity contribution in [1.29, 1.82) is 0 Å². The minimum atomic E-state index is 0.366. The van der Waals surface area contributed by atoms with E-state index in [0.717, 1.165) is 29.5 Å². The number of methoxy groups -OCH3 is 1. The molecule has 0 saturated carbocycles. The highest BCUT2D eigenvalue weighted by molar-refractivity contribution is 7.09. The Morgan fingerprint density at radius 2 is 2.33 bits per heavy atom. The van der Waals surface area contributed by atoms with Crippen molar-refractivity contribution < 1.29 is 9.47 Å². The van der Waals surface area contributed by atoms with E-state index in [-0.39, 0.29) is 0 Å². The molecule has 0 amide bonds. The first-order valence-electron chi connectivity index (χ1n) is 6.03. The summed E-state index contributed by atoms with van der Waals surface area (Å²) in [7, 11) is 1.70. The van der Waals surface area contributed by atoms with Crippen LogP contribution in [-0.2, 0) is 11.3 Å². The Kier molecular flexibility index (Phi) is 3.30. The van der Waals surface area contributed by atoms with Crippen molar-refractivity contribution in [2.24, 2.45) is 0 Å². The molecule has 94 valence electrons. The van der Waals surface area contributed by atoms with Gasteiger partial charge in [0, 0.05) is 24.0 Å². The number of thiazole rings is 1. The Morgan fingerprint density at radius 3 is 3.22 bits per heavy atom. The maximum Gasteiger partial charge on any atom is 0.123 e. The zero-order chi connectivity index (χ0) is 12.4. The normalized spacial score (nSPS) is 18.2. The Morgan fingerprint density at radius 1 is 1.44 bits per heavy atom. The summed E-state index contributed by atoms with van der Waals surface area (Å²) in [5.74, 6) is 1.36. The minimum Gasteiger partial charge on any atom is -0.493 e. The number of ether oxygens (including phenoxy) is 2. The zero-order valence-corrected chi connectivity index (χ0v) is 11.1. The Bertz CT molecular complexity index is 538. The molecule has 0 fully saturated rings. The highest BCUT2D eigenvalue weighted by Gasteiger charge is 2.24. The number of para-hydroxylation sites is 1. The topological polar surface area (TPSA) is 31.4 Å². The lowest BCUT2D eigenvalue weighted by Gasteiger charge is -2.24. The molecule has 3 rings (SSSR count). The van der Waals surface area contributed by atoms with Gasteiger partial charge in [-0.3, -0.25) is 0 Å². The van der Waals surface area contributed by atoms with Crippen LogP contribution in [-0.4, -0.2) is 18.7 Å². The lowest BCUT2D eigenvalue weighted by atomic mass is 9.94. The molecule has 0 N–H and O–H groups in total. The fraction of sp³-hybridized carbons (Fsp3) is 0.357. The molecule has 2 heterocycles. The average molecular weight is 261 g/mol. The molecule has 0 aliphatic carbocycles. The van der Waals surface area contributed by atoms with Gasteiger partial charge in [-0.25, -0.2) is 4.98 Å². The molecule has 4 heteroatoms. The van der Waals surface area contributed by atoms with E-state index in [4.69, 9.17) is 9.47 Å². The van der Waals surface area contributed by atoms with E-state index < -0.39 is 0 Å². The lowest BCUT2D eigenvalue weighted by molar-refractivity contribution is 0.182. The van der Waals surface area contributed by atoms with Crippen molar-refractivity contribution in [2.75, 3.05) is 13.7 Å². The van der Waals surface area contributed by atoms with E-state index >= 15 is 0 Å². The van der Waals surface area contributed by atoms with Crippen molar-refractivity contribution >= 4 is 11.3 Å². The molecular formula is C14H15NO2S. The molecule has 18 heavy (non-hydrogen) atoms. The predicted octanol–water partition coefficient (Wildman–Crippen LogP) is 3.20. The number of nitrogens with zero attached hydrogens (tertiary/aromatic N) is 1. The van der Waals surface area contributed by atoms with Crippen LogP contribution in [0.5, 0.6) is 5.75 Å². The Hall–Kier alpha value is -1.39. The van der Waals surface area contributed by atoms with Crippen LogP contribution in [0.2, 0.25) is 0 Å². The van der Waals surface area contributed by atoms with Gasteiger partial charge in [-0.15, -0.1) is 11.3 Å². The van der Waals surface area contributed by atoms with Crippen LogP contribution in [0.15, 0.2) is 29.6 Å². The lowest BCUT2D eigenvalue weighted by Crippen LogP contribution is -2.15. The SMILES string of the molecule is COCc1csc(C2CCOc3ccccc32)n1. The van der Waals surface area contributed by atoms with Gasteiger partial charge in [-0.05, 0) is 12.5 Å². The second kappa shape index (κ2) is 5.08. The first kappa shape index (κ1) is 11.7. The highest BCUT2D eigenvalue weighted by atomic mass is 32.1. The first-order chi connectivity index (χ1) is 8.88. The van der Waals surface area contributed by atoms with E-state index in [1.54, 1.807) is 18.4 Å². The molecular weight excluding hydrogens is 246 g/mol. The average Bonchev–Trinajstić information content (AvgIpc) is 2.87. The van der Waals surface area contributed by atoms with Gasteiger partial charge in [0.05, 0.1) is 18.9 Å². The molecule has 0 bridgehead atoms. The molecule has 3 nitrogen and oxygen atoms in total. The van der Waals surface area contributed by atoms with Gasteiger partial charge in [0.1, 0.15) is 10.8 Å². The molecule has 0 saturated heterocycles. The summed E-state index contributed by atoms with van der Waals surface area (Å²) >= 11 is 1.71. The minimum absolute atomic E-state index is 0.366. The molecule has 0 radical (unpaired) electrons. The van der Waals surface area contributed by atoms with Gasteiger partial charge in [0.25, 0.3) is 0 Å². The third-order valence-electron chi connectivity index (χ3n) is 3.12. The third kappa shape index (κ3) is 2.13. The van der Waals surface area contributed by atoms with Crippen LogP contribution in [0.25, 0.3) is 0 Å². The second-order valence-corrected chi connectivity index (χ2v) is 5.23. The van der Waals surface area contributed by atoms with Crippen LogP contribution in [0.4, 0.5) is 0 Å². The highest BCUT2D eigenvalue weighted by Crippen LogP contribution is 2.38. The number of rotatable bonds is 3. The predicted molar refractivity (Wildman–Crippen MR) is 71.2 cm³/mol. The molecule has 1 aliphatic rings. The summed E-state index contributed by atoms with van der Waals surface area (Å²) in [6.07, 6.45) is 0.997. The van der Waals surface area contributed by atoms with Crippen molar-refractivity contribution in [2.45, 2.75) is 18.9 Å². The molecule has 1 unspecified atom stereocenters. The summed E-state index contributed by atoms with van der Waals surface area (Å²) in [6.45, 7) is 1.35. The molecule has 1 atom stereocenters. The van der Waals surface area contributed by atoms with Crippen LogP contribution >= 0.6 is 11.3 Å². The number of aromatic nitrogens is 1. The fourth-order valence-electron chi connectivity index (χ4n) is 2.30. The van der Waals surface area contributed by atoms with E-state index in [2.05, 4.69) is 22.5 Å². The van der Waals surface area contributed by atoms with Crippen molar-refractivity contribution in [3.05, 3.63) is 45.9 Å². The summed E-state index contributed by atoms with van der Waals surface area (Å²) in [5, 5.41) is 3.24. The number of hydrogen-bond donors (Lipinski definition) is 0. The van der Waals surface area contributed by atoms with Gasteiger partial charge >= 0.3 is 0 Å². The standard InChI is InChI=1S/C14H15NO2S/c1-16-8-10-9-18-14(15-10)12-6-7-17-13-5-3-2-4-11(12)13/h2-5,9,12H,6-8H2,1H3. The van der Waals surface area contributed by atoms with Crippen LogP contribution in [0, 0.1) is 0 Å². The van der Waals surface area contributed by atoms with Crippen molar-refractivity contribution in [1.82, 2.24) is 4.98 Å². The number of benzene rings is 1. The van der Waals surface area contributed by atoms with Crippen molar-refractivity contribution in [3.8, 4) is 5.75 Å². The molecule has 0 spiro atoms. The Balaban J connectivity index is 1.92. The summed E-state index contributed by atoms with van der Waals surface area (Å²) in [6, 6.07) is 8.24. The monoisotopic (exact) mass is 261 g/mol. The molecule has 2 aromatic rings. The number of fused-ring (bicyclic) bond motifs is 1. The number of hydrogen-bond acceptors (Lipinski definition) is 4. The van der Waals surface area contributed by atoms with E-state index in [1.165, 1.54) is 5.56 Å². The van der Waals surface area contributed by atoms with Crippen LogP contribution in [0.3, 0.4) is 0 Å². The smallest absolute Gasteiger partial charge is 0.123 e. The van der Waals surface area contributed by atoms with Gasteiger partial charge < -0.3 is 9.47 Å². The van der Waals surface area contributed by atoms with Gasteiger partial charge in [0.15, 0.2) is 0 Å². The summed E-state index contributed by atoms with van der Waals surface area (Å²) in [5.41, 5.74) is 2.27. The van der Waals surface area contributed by atoms with Gasteiger partial charge in [0.2, 0.25) is 0 Å². The van der Waals surface area contributed by atoms with E-state index in [1.807, 2.05) is 12.1 Å². The van der Waals surface area contributed by atoms with Crippen molar-refractivity contribution in [3.63, 3.8) is 0 Å². The van der Waals surface area contributed by atoms with E-state index in [0.29, 0.717) is 12.5 Å². The molecule has 1 aromatic heterocycles. The summed E-state index contributed by atoms with van der Waals surface area (Å²) in [4.78, 5) is 4.66. The van der Waals surface area contributed by atoms with Crippen LogP contribution in [0.1, 0.15) is 28.6 Å². The molecule has 1 aliphatic heterocycles. The third-order valence-corrected chi connectivity index (χ3v) is 4.13.